The van der Waals surface area contributed by atoms with Crippen molar-refractivity contribution < 1.29 is 13.9 Å². The molecule has 4 heterocycles. The summed E-state index contributed by atoms with van der Waals surface area (Å²) < 4.78 is 29.7. The zero-order valence-electron chi connectivity index (χ0n) is 21.0. The van der Waals surface area contributed by atoms with Crippen molar-refractivity contribution in [3.05, 3.63) is 78.8 Å². The molecule has 0 radical (unpaired) electrons. The number of hydrogen-bond donors (Lipinski definition) is 4. The number of aromatic nitrogens is 6. The van der Waals surface area contributed by atoms with E-state index < -0.39 is 17.9 Å². The predicted octanol–water partition coefficient (Wildman–Crippen LogP) is 6.43. The molecule has 6 aromatic rings. The Labute approximate surface area is 222 Å². The Balaban J connectivity index is 1.41. The van der Waals surface area contributed by atoms with Gasteiger partial charge in [-0.1, -0.05) is 25.5 Å². The fourth-order valence-electron chi connectivity index (χ4n) is 4.67. The number of pyridine rings is 2. The Morgan fingerprint density at radius 1 is 1.00 bits per heavy atom. The Bertz CT molecular complexity index is 1800. The molecule has 0 saturated heterocycles. The first-order chi connectivity index (χ1) is 19.0. The van der Waals surface area contributed by atoms with Gasteiger partial charge in [0, 0.05) is 28.9 Å². The summed E-state index contributed by atoms with van der Waals surface area (Å²) in [6, 6.07) is 13.2. The number of nitrogens with zero attached hydrogens (tertiary/aromatic N) is 4. The van der Waals surface area contributed by atoms with Crippen LogP contribution in [-0.2, 0) is 0 Å². The molecule has 0 saturated carbocycles. The molecule has 0 amide bonds. The van der Waals surface area contributed by atoms with Gasteiger partial charge in [0.1, 0.15) is 34.5 Å². The molecule has 0 aliphatic heterocycles. The zero-order chi connectivity index (χ0) is 26.9. The largest absolute Gasteiger partial charge is 0.374 e. The maximum absolute atomic E-state index is 15.2. The molecule has 4 N–H and O–H groups in total. The monoisotopic (exact) mass is 525 g/mol. The molecule has 2 aromatic carbocycles. The van der Waals surface area contributed by atoms with Crippen molar-refractivity contribution in [3.8, 4) is 33.9 Å². The van der Waals surface area contributed by atoms with Crippen LogP contribution < -0.4 is 5.32 Å². The Morgan fingerprint density at radius 2 is 1.87 bits per heavy atom. The van der Waals surface area contributed by atoms with Crippen molar-refractivity contribution in [3.63, 3.8) is 0 Å². The van der Waals surface area contributed by atoms with E-state index in [1.54, 1.807) is 42.9 Å². The van der Waals surface area contributed by atoms with E-state index in [-0.39, 0.29) is 5.52 Å². The van der Waals surface area contributed by atoms with E-state index in [1.807, 2.05) is 12.1 Å². The minimum absolute atomic E-state index is 0.166. The van der Waals surface area contributed by atoms with E-state index in [0.717, 1.165) is 12.8 Å². The number of unbranched alkanes of at least 4 members (excludes halogenated alkanes) is 1. The molecule has 1 unspecified atom stereocenters. The van der Waals surface area contributed by atoms with E-state index in [2.05, 4.69) is 37.4 Å². The molecule has 8 nitrogen and oxygen atoms in total. The van der Waals surface area contributed by atoms with Crippen molar-refractivity contribution in [2.75, 3.05) is 5.32 Å². The number of aromatic amines is 2. The molecule has 6 rings (SSSR count). The van der Waals surface area contributed by atoms with E-state index in [0.29, 0.717) is 62.4 Å². The van der Waals surface area contributed by atoms with Crippen molar-refractivity contribution in [1.29, 1.82) is 0 Å². The maximum Gasteiger partial charge on any atom is 0.157 e. The average Bonchev–Trinajstić information content (AvgIpc) is 3.57. The lowest BCUT2D eigenvalue weighted by Crippen LogP contribution is -2.18. The fraction of sp³-hybridized carbons (Fsp3) is 0.172. The molecule has 0 aliphatic carbocycles. The maximum atomic E-state index is 15.2. The third-order valence-electron chi connectivity index (χ3n) is 6.61. The van der Waals surface area contributed by atoms with Gasteiger partial charge < -0.3 is 15.4 Å². The number of fused-ring (bicyclic) bond motifs is 2. The van der Waals surface area contributed by atoms with E-state index in [4.69, 9.17) is 4.98 Å². The van der Waals surface area contributed by atoms with Crippen molar-refractivity contribution in [1.82, 2.24) is 30.1 Å². The summed E-state index contributed by atoms with van der Waals surface area (Å²) >= 11 is 0. The third-order valence-corrected chi connectivity index (χ3v) is 6.61. The minimum atomic E-state index is -0.696. The summed E-state index contributed by atoms with van der Waals surface area (Å²) in [6.45, 7) is 2.06. The quantitative estimate of drug-likeness (QED) is 0.170. The van der Waals surface area contributed by atoms with Crippen LogP contribution >= 0.6 is 0 Å². The fourth-order valence-corrected chi connectivity index (χ4v) is 4.67. The number of rotatable bonds is 8. The van der Waals surface area contributed by atoms with Gasteiger partial charge in [0.25, 0.3) is 0 Å². The third kappa shape index (κ3) is 4.70. The molecular weight excluding hydrogens is 500 g/mol. The summed E-state index contributed by atoms with van der Waals surface area (Å²) in [4.78, 5) is 16.6. The lowest BCUT2D eigenvalue weighted by molar-refractivity contribution is 0.190. The van der Waals surface area contributed by atoms with Gasteiger partial charge in [0.05, 0.1) is 17.4 Å². The first kappa shape index (κ1) is 24.6. The van der Waals surface area contributed by atoms with Gasteiger partial charge >= 0.3 is 0 Å². The second kappa shape index (κ2) is 10.2. The van der Waals surface area contributed by atoms with E-state index in [1.165, 1.54) is 12.1 Å². The first-order valence-corrected chi connectivity index (χ1v) is 12.7. The standard InChI is InChI=1S/C29H25F2N7O/c1-2-3-8-24(39)34-18-11-17(14-32-15-18)16-12-20-25(22(31)13-16)37-38-27(20)29-35-23-9-10-33-26(28(23)36-29)19-6-4-5-7-21(19)30/h4-7,9-15,24,34,39H,2-3,8H2,1H3,(H,35,36)(H,37,38). The Hall–Kier alpha value is -4.70. The highest BCUT2D eigenvalue weighted by atomic mass is 19.1. The second-order valence-corrected chi connectivity index (χ2v) is 9.34. The molecule has 0 spiro atoms. The van der Waals surface area contributed by atoms with Gasteiger partial charge in [-0.25, -0.2) is 13.8 Å². The van der Waals surface area contributed by atoms with Crippen LogP contribution in [-0.4, -0.2) is 41.5 Å². The molecule has 10 heteroatoms. The molecule has 0 bridgehead atoms. The van der Waals surface area contributed by atoms with Crippen molar-refractivity contribution >= 4 is 27.6 Å². The van der Waals surface area contributed by atoms with Crippen molar-refractivity contribution in [2.24, 2.45) is 0 Å². The van der Waals surface area contributed by atoms with Crippen LogP contribution in [0, 0.1) is 11.6 Å². The number of benzene rings is 2. The summed E-state index contributed by atoms with van der Waals surface area (Å²) in [5.74, 6) is -0.484. The lowest BCUT2D eigenvalue weighted by atomic mass is 10.0. The Morgan fingerprint density at radius 3 is 2.72 bits per heavy atom. The minimum Gasteiger partial charge on any atom is -0.374 e. The van der Waals surface area contributed by atoms with Crippen LogP contribution in [0.3, 0.4) is 0 Å². The van der Waals surface area contributed by atoms with Crippen LogP contribution in [0.4, 0.5) is 14.5 Å². The number of hydrogen-bond acceptors (Lipinski definition) is 6. The van der Waals surface area contributed by atoms with Crippen LogP contribution in [0.2, 0.25) is 0 Å². The van der Waals surface area contributed by atoms with E-state index in [9.17, 15) is 9.50 Å². The van der Waals surface area contributed by atoms with E-state index >= 15 is 4.39 Å². The number of aliphatic hydroxyl groups is 1. The molecule has 39 heavy (non-hydrogen) atoms. The number of aliphatic hydroxyl groups excluding tert-OH is 1. The molecular formula is C29H25F2N7O. The molecule has 4 aromatic heterocycles. The smallest absolute Gasteiger partial charge is 0.157 e. The zero-order valence-corrected chi connectivity index (χ0v) is 21.0. The van der Waals surface area contributed by atoms with Gasteiger partial charge in [0.15, 0.2) is 11.6 Å². The summed E-state index contributed by atoms with van der Waals surface area (Å²) in [6.07, 6.45) is 6.64. The highest BCUT2D eigenvalue weighted by molar-refractivity contribution is 5.98. The normalized spacial score (nSPS) is 12.3. The number of nitrogens with one attached hydrogen (secondary N) is 3. The highest BCUT2D eigenvalue weighted by Gasteiger charge is 2.19. The topological polar surface area (TPSA) is 115 Å². The number of imidazole rings is 1. The van der Waals surface area contributed by atoms with Gasteiger partial charge in [-0.3, -0.25) is 15.1 Å². The van der Waals surface area contributed by atoms with Gasteiger partial charge in [-0.2, -0.15) is 5.10 Å². The lowest BCUT2D eigenvalue weighted by Gasteiger charge is -2.14. The van der Waals surface area contributed by atoms with Gasteiger partial charge in [-0.05, 0) is 54.8 Å². The SMILES string of the molecule is CCCCC(O)Nc1cncc(-c2cc(F)c3n[nH]c(-c4nc5c(-c6ccccc6F)nccc5[nH]4)c3c2)c1. The van der Waals surface area contributed by atoms with Crippen molar-refractivity contribution in [2.45, 2.75) is 32.4 Å². The summed E-state index contributed by atoms with van der Waals surface area (Å²) in [5.41, 5.74) is 4.43. The number of H-pyrrole nitrogens is 2. The summed E-state index contributed by atoms with van der Waals surface area (Å²) in [5, 5.41) is 20.9. The molecule has 196 valence electrons. The Kier molecular flexibility index (Phi) is 6.45. The first-order valence-electron chi connectivity index (χ1n) is 12.7. The predicted molar refractivity (Wildman–Crippen MR) is 147 cm³/mol. The van der Waals surface area contributed by atoms with Crippen LogP contribution in [0.5, 0.6) is 0 Å². The van der Waals surface area contributed by atoms with Crippen LogP contribution in [0.15, 0.2) is 67.1 Å². The molecule has 1 atom stereocenters. The van der Waals surface area contributed by atoms with Gasteiger partial charge in [0.2, 0.25) is 0 Å². The van der Waals surface area contributed by atoms with Crippen LogP contribution in [0.1, 0.15) is 26.2 Å². The number of halogens is 2. The molecule has 0 aliphatic rings. The second-order valence-electron chi connectivity index (χ2n) is 9.34. The average molecular weight is 526 g/mol. The number of anilines is 1. The summed E-state index contributed by atoms with van der Waals surface area (Å²) in [7, 11) is 0. The van der Waals surface area contributed by atoms with Gasteiger partial charge in [-0.15, -0.1) is 0 Å². The molecule has 0 fully saturated rings. The highest BCUT2D eigenvalue weighted by Crippen LogP contribution is 2.34. The van der Waals surface area contributed by atoms with Crippen LogP contribution in [0.25, 0.3) is 55.8 Å².